The van der Waals surface area contributed by atoms with Gasteiger partial charge in [0.25, 0.3) is 11.1 Å². The van der Waals surface area contributed by atoms with Gasteiger partial charge in [0.2, 0.25) is 0 Å². The highest BCUT2D eigenvalue weighted by molar-refractivity contribution is 6.10. The molecule has 0 spiro atoms. The fraction of sp³-hybridized carbons (Fsp3) is 0.0588. The van der Waals surface area contributed by atoms with Crippen molar-refractivity contribution in [1.29, 1.82) is 0 Å². The number of hydrogen-bond donors (Lipinski definition) is 2. The van der Waals surface area contributed by atoms with Gasteiger partial charge in [0, 0.05) is 22.5 Å². The Morgan fingerprint density at radius 3 is 1.07 bits per heavy atom. The van der Waals surface area contributed by atoms with E-state index in [2.05, 4.69) is 10.2 Å². The maximum Gasteiger partial charge on any atom is 0.282 e. The molecule has 0 unspecified atom stereocenters. The van der Waals surface area contributed by atoms with Crippen LogP contribution in [0.3, 0.4) is 0 Å². The third kappa shape index (κ3) is 5.59. The number of para-hydroxylation sites is 2. The number of aromatic nitrogens is 4. The molecule has 42 heavy (non-hydrogen) atoms. The molecule has 2 heterocycles. The highest BCUT2D eigenvalue weighted by Crippen LogP contribution is 2.13. The second-order valence-electron chi connectivity index (χ2n) is 9.57. The second-order valence-corrected chi connectivity index (χ2v) is 9.57. The Morgan fingerprint density at radius 2 is 0.762 bits per heavy atom. The van der Waals surface area contributed by atoms with Crippen LogP contribution in [-0.2, 0) is 0 Å². The molecule has 8 heteroatoms. The van der Waals surface area contributed by atoms with Crippen LogP contribution in [0.15, 0.2) is 131 Å². The Hall–Kier alpha value is -5.76. The second kappa shape index (κ2) is 12.2. The predicted octanol–water partition coefficient (Wildman–Crippen LogP) is 5.41. The number of carbonyl (C=O) groups excluding carboxylic acids is 2. The predicted molar refractivity (Wildman–Crippen MR) is 162 cm³/mol. The first-order valence-electron chi connectivity index (χ1n) is 13.3. The van der Waals surface area contributed by atoms with Crippen molar-refractivity contribution in [3.8, 4) is 11.4 Å². The Balaban J connectivity index is 0.000000168. The summed E-state index contributed by atoms with van der Waals surface area (Å²) in [5.74, 6) is -0.520. The van der Waals surface area contributed by atoms with Gasteiger partial charge in [-0.2, -0.15) is 0 Å². The molecule has 6 rings (SSSR count). The van der Waals surface area contributed by atoms with Crippen LogP contribution in [0, 0.1) is 13.8 Å². The zero-order valence-electron chi connectivity index (χ0n) is 23.1. The fourth-order valence-corrected chi connectivity index (χ4v) is 4.61. The Bertz CT molecular complexity index is 1810. The third-order valence-electron chi connectivity index (χ3n) is 6.70. The van der Waals surface area contributed by atoms with Crippen LogP contribution >= 0.6 is 0 Å². The molecule has 0 saturated heterocycles. The van der Waals surface area contributed by atoms with Crippen molar-refractivity contribution in [3.63, 3.8) is 0 Å². The molecule has 0 amide bonds. The van der Waals surface area contributed by atoms with Crippen molar-refractivity contribution in [1.82, 2.24) is 19.6 Å². The molecule has 0 bridgehead atoms. The van der Waals surface area contributed by atoms with E-state index in [0.717, 1.165) is 0 Å². The lowest BCUT2D eigenvalue weighted by molar-refractivity contribution is 0.102. The van der Waals surface area contributed by atoms with Crippen LogP contribution in [0.4, 0.5) is 0 Å². The summed E-state index contributed by atoms with van der Waals surface area (Å²) >= 11 is 0. The van der Waals surface area contributed by atoms with Gasteiger partial charge >= 0.3 is 0 Å². The number of nitrogens with one attached hydrogen (secondary N) is 2. The number of benzene rings is 4. The fourth-order valence-electron chi connectivity index (χ4n) is 4.61. The summed E-state index contributed by atoms with van der Waals surface area (Å²) in [6, 6.07) is 36.0. The van der Waals surface area contributed by atoms with Gasteiger partial charge in [0.1, 0.15) is 11.1 Å². The lowest BCUT2D eigenvalue weighted by atomic mass is 10.0. The smallest absolute Gasteiger partial charge is 0.282 e. The van der Waals surface area contributed by atoms with E-state index < -0.39 is 0 Å². The minimum Gasteiger partial charge on any atom is -0.295 e. The molecule has 2 aromatic heterocycles. The van der Waals surface area contributed by atoms with Gasteiger partial charge in [-0.1, -0.05) is 97.1 Å². The molecule has 0 saturated carbocycles. The third-order valence-corrected chi connectivity index (χ3v) is 6.70. The molecular formula is C34H28N4O4. The van der Waals surface area contributed by atoms with Gasteiger partial charge in [-0.05, 0) is 38.1 Å². The number of ketones is 2. The Labute approximate surface area is 241 Å². The van der Waals surface area contributed by atoms with E-state index in [1.54, 1.807) is 62.4 Å². The van der Waals surface area contributed by atoms with Crippen molar-refractivity contribution >= 4 is 11.6 Å². The molecule has 0 atom stereocenters. The molecular weight excluding hydrogens is 528 g/mol. The van der Waals surface area contributed by atoms with Crippen LogP contribution < -0.4 is 11.1 Å². The normalized spacial score (nSPS) is 10.5. The highest BCUT2D eigenvalue weighted by Gasteiger charge is 2.21. The summed E-state index contributed by atoms with van der Waals surface area (Å²) in [7, 11) is 0. The van der Waals surface area contributed by atoms with Crippen molar-refractivity contribution in [2.45, 2.75) is 13.8 Å². The van der Waals surface area contributed by atoms with E-state index in [4.69, 9.17) is 0 Å². The summed E-state index contributed by atoms with van der Waals surface area (Å²) in [5.41, 5.74) is 3.29. The minimum atomic E-state index is -0.326. The molecule has 208 valence electrons. The minimum absolute atomic E-state index is 0.185. The number of rotatable bonds is 6. The Morgan fingerprint density at radius 1 is 0.476 bits per heavy atom. The molecule has 8 nitrogen and oxygen atoms in total. The average molecular weight is 557 g/mol. The number of aryl methyl sites for hydroxylation is 2. The van der Waals surface area contributed by atoms with Crippen molar-refractivity contribution in [3.05, 3.63) is 176 Å². The van der Waals surface area contributed by atoms with Crippen LogP contribution in [0.1, 0.15) is 43.2 Å². The zero-order valence-corrected chi connectivity index (χ0v) is 23.1. The molecule has 4 aromatic carbocycles. The lowest BCUT2D eigenvalue weighted by Crippen LogP contribution is -2.20. The molecule has 2 N–H and O–H groups in total. The number of aromatic amines is 2. The van der Waals surface area contributed by atoms with Gasteiger partial charge in [0.05, 0.1) is 11.4 Å². The maximum absolute atomic E-state index is 12.5. The van der Waals surface area contributed by atoms with Crippen LogP contribution in [0.25, 0.3) is 11.4 Å². The van der Waals surface area contributed by atoms with Gasteiger partial charge < -0.3 is 0 Å². The van der Waals surface area contributed by atoms with Crippen molar-refractivity contribution < 1.29 is 9.59 Å². The molecule has 6 aromatic rings. The summed E-state index contributed by atoms with van der Waals surface area (Å²) in [6.45, 7) is 3.47. The van der Waals surface area contributed by atoms with Crippen LogP contribution in [-0.4, -0.2) is 31.1 Å². The summed E-state index contributed by atoms with van der Waals surface area (Å²) in [5, 5.41) is 5.93. The van der Waals surface area contributed by atoms with E-state index in [-0.39, 0.29) is 33.8 Å². The number of H-pyrrole nitrogens is 2. The van der Waals surface area contributed by atoms with Crippen molar-refractivity contribution in [2.24, 2.45) is 0 Å². The van der Waals surface area contributed by atoms with E-state index in [9.17, 15) is 19.2 Å². The Kier molecular flexibility index (Phi) is 8.06. The largest absolute Gasteiger partial charge is 0.295 e. The van der Waals surface area contributed by atoms with Crippen molar-refractivity contribution in [2.75, 3.05) is 0 Å². The standard InChI is InChI=1S/2C17H14N2O2/c2*1-12-15(16(20)13-8-4-2-5-9-13)17(21)19(18-12)14-10-6-3-7-11-14/h2*2-11,18H,1H3. The van der Waals surface area contributed by atoms with Gasteiger partial charge in [0.15, 0.2) is 11.6 Å². The van der Waals surface area contributed by atoms with E-state index in [0.29, 0.717) is 33.9 Å². The average Bonchev–Trinajstić information content (AvgIpc) is 3.51. The van der Waals surface area contributed by atoms with Gasteiger partial charge in [-0.25, -0.2) is 9.36 Å². The zero-order chi connectivity index (χ0) is 29.6. The summed E-state index contributed by atoms with van der Waals surface area (Å²) < 4.78 is 2.79. The summed E-state index contributed by atoms with van der Waals surface area (Å²) in [6.07, 6.45) is 0. The van der Waals surface area contributed by atoms with E-state index >= 15 is 0 Å². The first-order valence-corrected chi connectivity index (χ1v) is 13.3. The number of carbonyl (C=O) groups is 2. The number of nitrogens with zero attached hydrogens (tertiary/aromatic N) is 2. The molecule has 0 radical (unpaired) electrons. The molecule has 0 aliphatic heterocycles. The molecule has 0 fully saturated rings. The highest BCUT2D eigenvalue weighted by atomic mass is 16.2. The first kappa shape index (κ1) is 27.8. The van der Waals surface area contributed by atoms with E-state index in [1.807, 2.05) is 72.8 Å². The van der Waals surface area contributed by atoms with Gasteiger partial charge in [-0.15, -0.1) is 0 Å². The monoisotopic (exact) mass is 556 g/mol. The maximum atomic E-state index is 12.5. The SMILES string of the molecule is Cc1[nH]n(-c2ccccc2)c(=O)c1C(=O)c1ccccc1.Cc1[nH]n(-c2ccccc2)c(=O)c1C(=O)c1ccccc1. The van der Waals surface area contributed by atoms with E-state index in [1.165, 1.54) is 9.36 Å². The topological polar surface area (TPSA) is 110 Å². The summed E-state index contributed by atoms with van der Waals surface area (Å²) in [4.78, 5) is 50.0. The quantitative estimate of drug-likeness (QED) is 0.267. The van der Waals surface area contributed by atoms with Gasteiger partial charge in [-0.3, -0.25) is 29.4 Å². The first-order chi connectivity index (χ1) is 20.4. The molecule has 0 aliphatic carbocycles. The lowest BCUT2D eigenvalue weighted by Gasteiger charge is -1.99. The number of hydrogen-bond acceptors (Lipinski definition) is 4. The van der Waals surface area contributed by atoms with Crippen LogP contribution in [0.2, 0.25) is 0 Å². The molecule has 0 aliphatic rings. The van der Waals surface area contributed by atoms with Crippen LogP contribution in [0.5, 0.6) is 0 Å².